The van der Waals surface area contributed by atoms with Gasteiger partial charge >= 0.3 is 5.97 Å². The number of halogens is 1. The number of carbonyl (C=O) groups excluding carboxylic acids is 2. The highest BCUT2D eigenvalue weighted by atomic mass is 19.1. The first-order valence-electron chi connectivity index (χ1n) is 11.2. The number of nitrogens with one attached hydrogen (secondary N) is 1. The third-order valence-electron chi connectivity index (χ3n) is 7.47. The standard InChI is InChI=1S/C26H25FN2O3/c27-23-10-16(14-28)1-6-22(23)25(31)32-15-24(30)29-21-4-2-20(3-5-21)26-11-17-7-18(12-26)9-19(8-17)13-26/h1-6,10,17-19H,7-9,11-13,15H2,(H,29,30). The Morgan fingerprint density at radius 2 is 1.66 bits per heavy atom. The van der Waals surface area contributed by atoms with Gasteiger partial charge in [0.05, 0.1) is 17.2 Å². The Labute approximate surface area is 186 Å². The van der Waals surface area contributed by atoms with Crippen molar-refractivity contribution in [2.45, 2.75) is 43.9 Å². The van der Waals surface area contributed by atoms with E-state index in [0.717, 1.165) is 23.8 Å². The molecule has 32 heavy (non-hydrogen) atoms. The van der Waals surface area contributed by atoms with Crippen LogP contribution in [-0.4, -0.2) is 18.5 Å². The minimum absolute atomic E-state index is 0.105. The third kappa shape index (κ3) is 3.88. The lowest BCUT2D eigenvalue weighted by atomic mass is 9.48. The SMILES string of the molecule is N#Cc1ccc(C(=O)OCC(=O)Nc2ccc(C34CC5CC(CC(C5)C3)C4)cc2)c(F)c1. The Kier molecular flexibility index (Phi) is 5.21. The van der Waals surface area contributed by atoms with E-state index in [-0.39, 0.29) is 11.1 Å². The van der Waals surface area contributed by atoms with Gasteiger partial charge in [0.15, 0.2) is 6.61 Å². The molecule has 6 heteroatoms. The molecule has 5 nitrogen and oxygen atoms in total. The molecule has 4 bridgehead atoms. The van der Waals surface area contributed by atoms with Crippen LogP contribution < -0.4 is 5.32 Å². The molecule has 0 spiro atoms. The molecule has 1 N–H and O–H groups in total. The van der Waals surface area contributed by atoms with E-state index in [1.807, 2.05) is 12.1 Å². The molecule has 0 atom stereocenters. The van der Waals surface area contributed by atoms with Gasteiger partial charge in [-0.15, -0.1) is 0 Å². The first-order chi connectivity index (χ1) is 15.4. The van der Waals surface area contributed by atoms with Crippen molar-refractivity contribution < 1.29 is 18.7 Å². The molecule has 2 aromatic rings. The van der Waals surface area contributed by atoms with Crippen LogP contribution in [0.5, 0.6) is 0 Å². The predicted molar refractivity (Wildman–Crippen MR) is 116 cm³/mol. The van der Waals surface area contributed by atoms with Crippen molar-refractivity contribution in [1.29, 1.82) is 5.26 Å². The van der Waals surface area contributed by atoms with Crippen LogP contribution in [0.1, 0.15) is 60.0 Å². The second kappa shape index (κ2) is 8.05. The molecule has 0 unspecified atom stereocenters. The number of nitrogens with zero attached hydrogens (tertiary/aromatic N) is 1. The Hall–Kier alpha value is -3.20. The summed E-state index contributed by atoms with van der Waals surface area (Å²) >= 11 is 0. The number of nitriles is 1. The molecular weight excluding hydrogens is 407 g/mol. The van der Waals surface area contributed by atoms with Gasteiger partial charge < -0.3 is 10.1 Å². The fraction of sp³-hybridized carbons (Fsp3) is 0.423. The lowest BCUT2D eigenvalue weighted by Crippen LogP contribution is -2.48. The monoisotopic (exact) mass is 432 g/mol. The summed E-state index contributed by atoms with van der Waals surface area (Å²) in [5.41, 5.74) is 2.12. The lowest BCUT2D eigenvalue weighted by Gasteiger charge is -2.57. The summed E-state index contributed by atoms with van der Waals surface area (Å²) in [6, 6.07) is 13.3. The predicted octanol–water partition coefficient (Wildman–Crippen LogP) is 4.96. The largest absolute Gasteiger partial charge is 0.452 e. The number of hydrogen-bond acceptors (Lipinski definition) is 4. The van der Waals surface area contributed by atoms with E-state index in [1.54, 1.807) is 6.07 Å². The zero-order valence-corrected chi connectivity index (χ0v) is 17.8. The topological polar surface area (TPSA) is 79.2 Å². The minimum atomic E-state index is -0.945. The quantitative estimate of drug-likeness (QED) is 0.677. The summed E-state index contributed by atoms with van der Waals surface area (Å²) in [5.74, 6) is 0.327. The van der Waals surface area contributed by atoms with E-state index in [1.165, 1.54) is 56.2 Å². The molecule has 1 amide bonds. The van der Waals surface area contributed by atoms with Gasteiger partial charge in [-0.1, -0.05) is 12.1 Å². The normalized spacial score (nSPS) is 27.6. The average molecular weight is 432 g/mol. The smallest absolute Gasteiger partial charge is 0.341 e. The molecule has 0 saturated heterocycles. The minimum Gasteiger partial charge on any atom is -0.452 e. The Balaban J connectivity index is 1.18. The van der Waals surface area contributed by atoms with Gasteiger partial charge in [-0.2, -0.15) is 5.26 Å². The molecule has 2 aromatic carbocycles. The Morgan fingerprint density at radius 3 is 2.22 bits per heavy atom. The van der Waals surface area contributed by atoms with Crippen molar-refractivity contribution in [1.82, 2.24) is 0 Å². The van der Waals surface area contributed by atoms with Gasteiger partial charge in [-0.25, -0.2) is 9.18 Å². The summed E-state index contributed by atoms with van der Waals surface area (Å²) in [4.78, 5) is 24.3. The van der Waals surface area contributed by atoms with Crippen molar-refractivity contribution in [3.63, 3.8) is 0 Å². The fourth-order valence-electron chi connectivity index (χ4n) is 6.53. The van der Waals surface area contributed by atoms with Crippen LogP contribution in [0.2, 0.25) is 0 Å². The number of rotatable bonds is 5. The van der Waals surface area contributed by atoms with Gasteiger partial charge in [-0.3, -0.25) is 4.79 Å². The van der Waals surface area contributed by atoms with Crippen molar-refractivity contribution >= 4 is 17.6 Å². The number of ether oxygens (including phenoxy) is 1. The van der Waals surface area contributed by atoms with E-state index in [2.05, 4.69) is 17.4 Å². The van der Waals surface area contributed by atoms with Gasteiger partial charge in [0.25, 0.3) is 5.91 Å². The van der Waals surface area contributed by atoms with Gasteiger partial charge in [0.1, 0.15) is 5.82 Å². The van der Waals surface area contributed by atoms with Crippen LogP contribution >= 0.6 is 0 Å². The molecule has 6 rings (SSSR count). The number of anilines is 1. The number of benzene rings is 2. The lowest BCUT2D eigenvalue weighted by molar-refractivity contribution is -0.119. The summed E-state index contributed by atoms with van der Waals surface area (Å²) in [7, 11) is 0. The maximum atomic E-state index is 13.9. The van der Waals surface area contributed by atoms with E-state index in [4.69, 9.17) is 10.00 Å². The van der Waals surface area contributed by atoms with Crippen LogP contribution in [0, 0.1) is 34.9 Å². The molecule has 4 aliphatic rings. The number of amides is 1. The van der Waals surface area contributed by atoms with Crippen LogP contribution in [0.25, 0.3) is 0 Å². The summed E-state index contributed by atoms with van der Waals surface area (Å²) < 4.78 is 18.8. The van der Waals surface area contributed by atoms with E-state index in [0.29, 0.717) is 11.1 Å². The number of hydrogen-bond donors (Lipinski definition) is 1. The van der Waals surface area contributed by atoms with Crippen molar-refractivity contribution in [3.05, 3.63) is 65.0 Å². The maximum Gasteiger partial charge on any atom is 0.341 e. The molecule has 4 saturated carbocycles. The van der Waals surface area contributed by atoms with Crippen LogP contribution in [0.3, 0.4) is 0 Å². The second-order valence-corrected chi connectivity index (χ2v) is 9.71. The van der Waals surface area contributed by atoms with Crippen LogP contribution in [0.15, 0.2) is 42.5 Å². The molecule has 164 valence electrons. The molecular formula is C26H25FN2O3. The van der Waals surface area contributed by atoms with E-state index >= 15 is 0 Å². The summed E-state index contributed by atoms with van der Waals surface area (Å²) in [5, 5.41) is 11.5. The van der Waals surface area contributed by atoms with E-state index in [9.17, 15) is 14.0 Å². The van der Waals surface area contributed by atoms with Gasteiger partial charge in [-0.05, 0) is 97.6 Å². The third-order valence-corrected chi connectivity index (χ3v) is 7.47. The molecule has 4 fully saturated rings. The van der Waals surface area contributed by atoms with Gasteiger partial charge in [0.2, 0.25) is 0 Å². The Bertz CT molecular complexity index is 1070. The molecule has 0 aliphatic heterocycles. The molecule has 4 aliphatic carbocycles. The molecule has 0 aromatic heterocycles. The van der Waals surface area contributed by atoms with E-state index < -0.39 is 24.3 Å². The highest BCUT2D eigenvalue weighted by Crippen LogP contribution is 2.60. The van der Waals surface area contributed by atoms with Crippen LogP contribution in [-0.2, 0) is 14.9 Å². The fourth-order valence-corrected chi connectivity index (χ4v) is 6.53. The maximum absolute atomic E-state index is 13.9. The van der Waals surface area contributed by atoms with Crippen molar-refractivity contribution in [2.24, 2.45) is 17.8 Å². The first kappa shape index (κ1) is 20.7. The number of carbonyl (C=O) groups is 2. The molecule has 0 heterocycles. The summed E-state index contributed by atoms with van der Waals surface area (Å²) in [6.07, 6.45) is 8.06. The van der Waals surface area contributed by atoms with Crippen molar-refractivity contribution in [2.75, 3.05) is 11.9 Å². The van der Waals surface area contributed by atoms with Crippen LogP contribution in [0.4, 0.5) is 10.1 Å². The first-order valence-corrected chi connectivity index (χ1v) is 11.2. The number of esters is 1. The average Bonchev–Trinajstić information content (AvgIpc) is 2.77. The zero-order valence-electron chi connectivity index (χ0n) is 17.8. The van der Waals surface area contributed by atoms with Crippen molar-refractivity contribution in [3.8, 4) is 6.07 Å². The zero-order chi connectivity index (χ0) is 22.3. The molecule has 0 radical (unpaired) electrons. The highest BCUT2D eigenvalue weighted by molar-refractivity contribution is 5.95. The second-order valence-electron chi connectivity index (χ2n) is 9.71. The summed E-state index contributed by atoms with van der Waals surface area (Å²) in [6.45, 7) is -0.519. The highest BCUT2D eigenvalue weighted by Gasteiger charge is 2.51. The Morgan fingerprint density at radius 1 is 1.03 bits per heavy atom. The van der Waals surface area contributed by atoms with Gasteiger partial charge in [0, 0.05) is 5.69 Å².